The Bertz CT molecular complexity index is 506. The van der Waals surface area contributed by atoms with Gasteiger partial charge in [-0.2, -0.15) is 0 Å². The summed E-state index contributed by atoms with van der Waals surface area (Å²) in [5.41, 5.74) is 7.21. The molecule has 1 aromatic rings. The van der Waals surface area contributed by atoms with Gasteiger partial charge >= 0.3 is 0 Å². The van der Waals surface area contributed by atoms with Crippen LogP contribution in [-0.2, 0) is 4.74 Å². The summed E-state index contributed by atoms with van der Waals surface area (Å²) in [5, 5.41) is 0. The molecule has 1 aliphatic heterocycles. The lowest BCUT2D eigenvalue weighted by molar-refractivity contribution is 0.0302. The van der Waals surface area contributed by atoms with E-state index in [4.69, 9.17) is 15.2 Å². The maximum absolute atomic E-state index is 12.5. The summed E-state index contributed by atoms with van der Waals surface area (Å²) in [6.45, 7) is 2.49. The van der Waals surface area contributed by atoms with Crippen molar-refractivity contribution < 1.29 is 14.3 Å². The van der Waals surface area contributed by atoms with Crippen LogP contribution in [0.5, 0.6) is 5.75 Å². The number of anilines is 1. The van der Waals surface area contributed by atoms with Gasteiger partial charge in [-0.25, -0.2) is 0 Å². The van der Waals surface area contributed by atoms with Crippen molar-refractivity contribution in [1.82, 2.24) is 4.90 Å². The number of amides is 1. The van der Waals surface area contributed by atoms with E-state index in [0.29, 0.717) is 43.3 Å². The summed E-state index contributed by atoms with van der Waals surface area (Å²) >= 11 is 0. The number of nitrogens with zero attached hydrogens (tertiary/aromatic N) is 1. The number of benzene rings is 1. The van der Waals surface area contributed by atoms with Crippen LogP contribution in [0.4, 0.5) is 5.69 Å². The van der Waals surface area contributed by atoms with Crippen LogP contribution in [0.25, 0.3) is 0 Å². The second kappa shape index (κ2) is 6.35. The number of carbonyl (C=O) groups excluding carboxylic acids is 1. The van der Waals surface area contributed by atoms with E-state index in [-0.39, 0.29) is 12.0 Å². The third-order valence-electron chi connectivity index (χ3n) is 4.15. The van der Waals surface area contributed by atoms with Gasteiger partial charge in [0.15, 0.2) is 0 Å². The number of carbonyl (C=O) groups is 1. The highest BCUT2D eigenvalue weighted by Gasteiger charge is 2.21. The molecule has 5 nitrogen and oxygen atoms in total. The first kappa shape index (κ1) is 14.2. The molecule has 3 rings (SSSR count). The van der Waals surface area contributed by atoms with Gasteiger partial charge in [0.1, 0.15) is 5.75 Å². The third kappa shape index (κ3) is 3.29. The minimum atomic E-state index is 0.0228. The maximum atomic E-state index is 12.5. The molecule has 1 saturated carbocycles. The van der Waals surface area contributed by atoms with Gasteiger partial charge in [-0.3, -0.25) is 4.79 Å². The molecule has 1 aliphatic carbocycles. The average Bonchev–Trinajstić information content (AvgIpc) is 3.03. The van der Waals surface area contributed by atoms with Crippen LogP contribution in [0.3, 0.4) is 0 Å². The van der Waals surface area contributed by atoms with Crippen molar-refractivity contribution in [3.8, 4) is 5.75 Å². The topological polar surface area (TPSA) is 64.8 Å². The van der Waals surface area contributed by atoms with E-state index in [1.54, 1.807) is 18.2 Å². The summed E-state index contributed by atoms with van der Waals surface area (Å²) in [4.78, 5) is 14.3. The molecule has 0 radical (unpaired) electrons. The number of nitrogen functional groups attached to an aromatic ring is 1. The third-order valence-corrected chi connectivity index (χ3v) is 4.15. The van der Waals surface area contributed by atoms with Crippen LogP contribution in [0.2, 0.25) is 0 Å². The Kier molecular flexibility index (Phi) is 4.29. The second-order valence-corrected chi connectivity index (χ2v) is 5.68. The Hall–Kier alpha value is -1.75. The summed E-state index contributed by atoms with van der Waals surface area (Å²) in [6, 6.07) is 5.32. The van der Waals surface area contributed by atoms with Crippen molar-refractivity contribution in [3.63, 3.8) is 0 Å². The number of hydrogen-bond donors (Lipinski definition) is 1. The summed E-state index contributed by atoms with van der Waals surface area (Å²) < 4.78 is 11.2. The van der Waals surface area contributed by atoms with Crippen LogP contribution in [-0.4, -0.2) is 43.2 Å². The molecule has 2 fully saturated rings. The first-order chi connectivity index (χ1) is 10.2. The zero-order chi connectivity index (χ0) is 14.7. The summed E-state index contributed by atoms with van der Waals surface area (Å²) in [5.74, 6) is 0.663. The first-order valence-corrected chi connectivity index (χ1v) is 7.67. The van der Waals surface area contributed by atoms with E-state index in [1.165, 1.54) is 12.8 Å². The van der Waals surface area contributed by atoms with E-state index in [0.717, 1.165) is 12.8 Å². The van der Waals surface area contributed by atoms with Crippen LogP contribution >= 0.6 is 0 Å². The largest absolute Gasteiger partial charge is 0.488 e. The van der Waals surface area contributed by atoms with Crippen LogP contribution < -0.4 is 10.5 Å². The number of ether oxygens (including phenoxy) is 2. The quantitative estimate of drug-likeness (QED) is 0.865. The molecule has 0 bridgehead atoms. The predicted molar refractivity (Wildman–Crippen MR) is 80.5 cm³/mol. The molecule has 2 aliphatic rings. The number of rotatable bonds is 3. The zero-order valence-electron chi connectivity index (χ0n) is 12.2. The Morgan fingerprint density at radius 1 is 1.24 bits per heavy atom. The molecular weight excluding hydrogens is 268 g/mol. The van der Waals surface area contributed by atoms with Gasteiger partial charge in [0.25, 0.3) is 5.91 Å². The molecule has 0 atom stereocenters. The van der Waals surface area contributed by atoms with E-state index < -0.39 is 0 Å². The van der Waals surface area contributed by atoms with Crippen molar-refractivity contribution in [2.45, 2.75) is 31.8 Å². The predicted octanol–water partition coefficient (Wildman–Crippen LogP) is 2.06. The Morgan fingerprint density at radius 2 is 1.95 bits per heavy atom. The second-order valence-electron chi connectivity index (χ2n) is 5.68. The summed E-state index contributed by atoms with van der Waals surface area (Å²) in [6.07, 6.45) is 4.79. The minimum Gasteiger partial charge on any atom is -0.488 e. The fourth-order valence-corrected chi connectivity index (χ4v) is 2.90. The monoisotopic (exact) mass is 290 g/mol. The lowest BCUT2D eigenvalue weighted by Gasteiger charge is -2.27. The van der Waals surface area contributed by atoms with Crippen LogP contribution in [0.1, 0.15) is 36.0 Å². The van der Waals surface area contributed by atoms with Gasteiger partial charge in [-0.15, -0.1) is 0 Å². The number of hydrogen-bond acceptors (Lipinski definition) is 4. The molecule has 1 saturated heterocycles. The van der Waals surface area contributed by atoms with E-state index in [9.17, 15) is 4.79 Å². The fraction of sp³-hybridized carbons (Fsp3) is 0.562. The molecule has 5 heteroatoms. The van der Waals surface area contributed by atoms with Crippen molar-refractivity contribution in [2.24, 2.45) is 0 Å². The molecule has 2 N–H and O–H groups in total. The Morgan fingerprint density at radius 3 is 2.67 bits per heavy atom. The molecular formula is C16H22N2O3. The molecule has 1 aromatic carbocycles. The van der Waals surface area contributed by atoms with Crippen LogP contribution in [0, 0.1) is 0 Å². The zero-order valence-corrected chi connectivity index (χ0v) is 12.2. The maximum Gasteiger partial charge on any atom is 0.254 e. The minimum absolute atomic E-state index is 0.0228. The van der Waals surface area contributed by atoms with Crippen molar-refractivity contribution in [1.29, 1.82) is 0 Å². The standard InChI is InChI=1S/C16H22N2O3/c17-14-6-5-12(16(19)18-7-9-20-10-8-18)11-15(14)21-13-3-1-2-4-13/h5-6,11,13H,1-4,7-10,17H2. The van der Waals surface area contributed by atoms with Gasteiger partial charge in [-0.05, 0) is 43.9 Å². The van der Waals surface area contributed by atoms with Gasteiger partial charge in [0.05, 0.1) is 25.0 Å². The number of nitrogens with two attached hydrogens (primary N) is 1. The van der Waals surface area contributed by atoms with Crippen LogP contribution in [0.15, 0.2) is 18.2 Å². The lowest BCUT2D eigenvalue weighted by atomic mass is 10.1. The Balaban J connectivity index is 1.74. The highest BCUT2D eigenvalue weighted by Crippen LogP contribution is 2.29. The molecule has 0 unspecified atom stereocenters. The van der Waals surface area contributed by atoms with Crippen molar-refractivity contribution in [3.05, 3.63) is 23.8 Å². The molecule has 114 valence electrons. The van der Waals surface area contributed by atoms with Crippen molar-refractivity contribution >= 4 is 11.6 Å². The van der Waals surface area contributed by atoms with Gasteiger partial charge in [0.2, 0.25) is 0 Å². The number of morpholine rings is 1. The van der Waals surface area contributed by atoms with Crippen molar-refractivity contribution in [2.75, 3.05) is 32.0 Å². The van der Waals surface area contributed by atoms with Gasteiger partial charge in [0, 0.05) is 18.7 Å². The van der Waals surface area contributed by atoms with E-state index >= 15 is 0 Å². The van der Waals surface area contributed by atoms with Gasteiger partial charge in [-0.1, -0.05) is 0 Å². The molecule has 1 heterocycles. The molecule has 1 amide bonds. The molecule has 0 spiro atoms. The highest BCUT2D eigenvalue weighted by molar-refractivity contribution is 5.95. The van der Waals surface area contributed by atoms with Gasteiger partial charge < -0.3 is 20.1 Å². The average molecular weight is 290 g/mol. The SMILES string of the molecule is Nc1ccc(C(=O)N2CCOCC2)cc1OC1CCCC1. The summed E-state index contributed by atoms with van der Waals surface area (Å²) in [7, 11) is 0. The lowest BCUT2D eigenvalue weighted by Crippen LogP contribution is -2.40. The first-order valence-electron chi connectivity index (χ1n) is 7.67. The fourth-order valence-electron chi connectivity index (χ4n) is 2.90. The van der Waals surface area contributed by atoms with E-state index in [2.05, 4.69) is 0 Å². The van der Waals surface area contributed by atoms with E-state index in [1.807, 2.05) is 4.90 Å². The highest BCUT2D eigenvalue weighted by atomic mass is 16.5. The normalized spacial score (nSPS) is 19.7. The Labute approximate surface area is 125 Å². The smallest absolute Gasteiger partial charge is 0.254 e. The molecule has 0 aromatic heterocycles. The molecule has 21 heavy (non-hydrogen) atoms.